The summed E-state index contributed by atoms with van der Waals surface area (Å²) in [5, 5.41) is 0. The van der Waals surface area contributed by atoms with Gasteiger partial charge in [-0.2, -0.15) is 0 Å². The standard InChI is InChI=1S/C16H29N3/c1-6-19(14(3)12-18(4)5)16-10-8-7-9-15(16)11-13(2)17/h7-10,13-14H,6,11-12,17H2,1-5H3. The zero-order valence-corrected chi connectivity index (χ0v) is 13.1. The van der Waals surface area contributed by atoms with E-state index in [9.17, 15) is 0 Å². The van der Waals surface area contributed by atoms with Crippen LogP contribution in [0.1, 0.15) is 26.3 Å². The fourth-order valence-electron chi connectivity index (χ4n) is 2.66. The minimum Gasteiger partial charge on any atom is -0.368 e. The molecule has 0 spiro atoms. The molecular weight excluding hydrogens is 234 g/mol. The van der Waals surface area contributed by atoms with E-state index in [2.05, 4.69) is 68.9 Å². The van der Waals surface area contributed by atoms with E-state index in [1.165, 1.54) is 11.3 Å². The van der Waals surface area contributed by atoms with Gasteiger partial charge in [0.1, 0.15) is 0 Å². The van der Waals surface area contributed by atoms with Gasteiger partial charge in [0, 0.05) is 30.9 Å². The van der Waals surface area contributed by atoms with Crippen molar-refractivity contribution in [2.45, 2.75) is 39.3 Å². The minimum atomic E-state index is 0.198. The molecule has 0 aromatic heterocycles. The number of anilines is 1. The Morgan fingerprint density at radius 3 is 2.32 bits per heavy atom. The molecule has 1 rings (SSSR count). The monoisotopic (exact) mass is 263 g/mol. The van der Waals surface area contributed by atoms with Crippen molar-refractivity contribution in [3.05, 3.63) is 29.8 Å². The van der Waals surface area contributed by atoms with Crippen LogP contribution in [-0.4, -0.2) is 44.2 Å². The molecule has 1 aromatic rings. The van der Waals surface area contributed by atoms with Crippen LogP contribution in [0, 0.1) is 0 Å². The number of hydrogen-bond donors (Lipinski definition) is 1. The molecule has 2 unspecified atom stereocenters. The number of nitrogens with zero attached hydrogens (tertiary/aromatic N) is 2. The van der Waals surface area contributed by atoms with E-state index in [1.54, 1.807) is 0 Å². The molecule has 0 heterocycles. The lowest BCUT2D eigenvalue weighted by molar-refractivity contribution is 0.372. The Morgan fingerprint density at radius 1 is 1.16 bits per heavy atom. The second kappa shape index (κ2) is 7.51. The molecule has 19 heavy (non-hydrogen) atoms. The number of likely N-dealkylation sites (N-methyl/N-ethyl adjacent to an activating group) is 2. The third-order valence-corrected chi connectivity index (χ3v) is 3.35. The van der Waals surface area contributed by atoms with E-state index in [4.69, 9.17) is 5.73 Å². The maximum atomic E-state index is 5.97. The SMILES string of the molecule is CCN(c1ccccc1CC(C)N)C(C)CN(C)C. The van der Waals surface area contributed by atoms with Crippen molar-refractivity contribution < 1.29 is 0 Å². The number of hydrogen-bond acceptors (Lipinski definition) is 3. The highest BCUT2D eigenvalue weighted by Crippen LogP contribution is 2.23. The lowest BCUT2D eigenvalue weighted by Gasteiger charge is -2.34. The van der Waals surface area contributed by atoms with Crippen LogP contribution < -0.4 is 10.6 Å². The molecule has 0 fully saturated rings. The van der Waals surface area contributed by atoms with Crippen LogP contribution >= 0.6 is 0 Å². The molecule has 3 nitrogen and oxygen atoms in total. The number of nitrogens with two attached hydrogens (primary N) is 1. The maximum Gasteiger partial charge on any atom is 0.0402 e. The van der Waals surface area contributed by atoms with Crippen LogP contribution in [0.25, 0.3) is 0 Å². The highest BCUT2D eigenvalue weighted by atomic mass is 15.2. The molecule has 0 aliphatic heterocycles. The molecule has 108 valence electrons. The molecule has 3 heteroatoms. The number of rotatable bonds is 7. The van der Waals surface area contributed by atoms with Crippen LogP contribution in [0.3, 0.4) is 0 Å². The summed E-state index contributed by atoms with van der Waals surface area (Å²) in [7, 11) is 4.25. The first kappa shape index (κ1) is 16.0. The molecule has 0 aliphatic rings. The van der Waals surface area contributed by atoms with Gasteiger partial charge in [0.25, 0.3) is 0 Å². The van der Waals surface area contributed by atoms with Crippen molar-refractivity contribution in [2.75, 3.05) is 32.1 Å². The summed E-state index contributed by atoms with van der Waals surface area (Å²) in [6.07, 6.45) is 0.932. The van der Waals surface area contributed by atoms with Gasteiger partial charge < -0.3 is 15.5 Å². The molecule has 2 N–H and O–H groups in total. The fourth-order valence-corrected chi connectivity index (χ4v) is 2.66. The van der Waals surface area contributed by atoms with Crippen LogP contribution in [0.4, 0.5) is 5.69 Å². The smallest absolute Gasteiger partial charge is 0.0402 e. The highest BCUT2D eigenvalue weighted by molar-refractivity contribution is 5.54. The second-order valence-corrected chi connectivity index (χ2v) is 5.71. The van der Waals surface area contributed by atoms with Gasteiger partial charge in [-0.3, -0.25) is 0 Å². The molecule has 0 saturated heterocycles. The van der Waals surface area contributed by atoms with Crippen LogP contribution in [-0.2, 0) is 6.42 Å². The quantitative estimate of drug-likeness (QED) is 0.819. The molecule has 0 bridgehead atoms. The van der Waals surface area contributed by atoms with Crippen LogP contribution in [0.15, 0.2) is 24.3 Å². The topological polar surface area (TPSA) is 32.5 Å². The summed E-state index contributed by atoms with van der Waals surface area (Å²) in [5.74, 6) is 0. The Labute approximate surface area is 118 Å². The average Bonchev–Trinajstić information content (AvgIpc) is 2.30. The van der Waals surface area contributed by atoms with Crippen molar-refractivity contribution >= 4 is 5.69 Å². The third-order valence-electron chi connectivity index (χ3n) is 3.35. The van der Waals surface area contributed by atoms with Crippen molar-refractivity contribution in [2.24, 2.45) is 5.73 Å². The van der Waals surface area contributed by atoms with Gasteiger partial charge in [0.05, 0.1) is 0 Å². The molecule has 0 aliphatic carbocycles. The first-order valence-electron chi connectivity index (χ1n) is 7.20. The highest BCUT2D eigenvalue weighted by Gasteiger charge is 2.16. The second-order valence-electron chi connectivity index (χ2n) is 5.71. The summed E-state index contributed by atoms with van der Waals surface area (Å²) >= 11 is 0. The largest absolute Gasteiger partial charge is 0.368 e. The minimum absolute atomic E-state index is 0.198. The van der Waals surface area contributed by atoms with Gasteiger partial charge in [-0.05, 0) is 52.9 Å². The Morgan fingerprint density at radius 2 is 1.79 bits per heavy atom. The van der Waals surface area contributed by atoms with Crippen molar-refractivity contribution in [1.82, 2.24) is 4.90 Å². The Hall–Kier alpha value is -1.06. The molecule has 0 amide bonds. The first-order chi connectivity index (χ1) is 8.95. The predicted molar refractivity (Wildman–Crippen MR) is 84.8 cm³/mol. The van der Waals surface area contributed by atoms with E-state index in [0.29, 0.717) is 6.04 Å². The van der Waals surface area contributed by atoms with E-state index < -0.39 is 0 Å². The Bertz CT molecular complexity index is 374. The molecular formula is C16H29N3. The van der Waals surface area contributed by atoms with Gasteiger partial charge >= 0.3 is 0 Å². The van der Waals surface area contributed by atoms with Gasteiger partial charge in [-0.1, -0.05) is 18.2 Å². The van der Waals surface area contributed by atoms with Gasteiger partial charge in [-0.25, -0.2) is 0 Å². The van der Waals surface area contributed by atoms with E-state index in [0.717, 1.165) is 19.5 Å². The summed E-state index contributed by atoms with van der Waals surface area (Å²) in [4.78, 5) is 4.71. The Balaban J connectivity index is 2.97. The molecule has 2 atom stereocenters. The zero-order chi connectivity index (χ0) is 14.4. The van der Waals surface area contributed by atoms with Gasteiger partial charge in [-0.15, -0.1) is 0 Å². The van der Waals surface area contributed by atoms with Crippen molar-refractivity contribution in [1.29, 1.82) is 0 Å². The average molecular weight is 263 g/mol. The predicted octanol–water partition coefficient (Wildman–Crippen LogP) is 2.35. The summed E-state index contributed by atoms with van der Waals surface area (Å²) in [6, 6.07) is 9.33. The van der Waals surface area contributed by atoms with E-state index in [1.807, 2.05) is 0 Å². The van der Waals surface area contributed by atoms with Crippen molar-refractivity contribution in [3.8, 4) is 0 Å². The zero-order valence-electron chi connectivity index (χ0n) is 13.1. The fraction of sp³-hybridized carbons (Fsp3) is 0.625. The van der Waals surface area contributed by atoms with Crippen LogP contribution in [0.5, 0.6) is 0 Å². The number of para-hydroxylation sites is 1. The van der Waals surface area contributed by atoms with Gasteiger partial charge in [0.2, 0.25) is 0 Å². The van der Waals surface area contributed by atoms with Crippen LogP contribution in [0.2, 0.25) is 0 Å². The lowest BCUT2D eigenvalue weighted by atomic mass is 10.0. The maximum absolute atomic E-state index is 5.97. The Kier molecular flexibility index (Phi) is 6.32. The molecule has 1 aromatic carbocycles. The summed E-state index contributed by atoms with van der Waals surface area (Å²) < 4.78 is 0. The van der Waals surface area contributed by atoms with E-state index >= 15 is 0 Å². The summed E-state index contributed by atoms with van der Waals surface area (Å²) in [5.41, 5.74) is 8.65. The normalized spacial score (nSPS) is 14.5. The molecule has 0 saturated carbocycles. The number of benzene rings is 1. The third kappa shape index (κ3) is 4.84. The van der Waals surface area contributed by atoms with Gasteiger partial charge in [0.15, 0.2) is 0 Å². The first-order valence-corrected chi connectivity index (χ1v) is 7.20. The summed E-state index contributed by atoms with van der Waals surface area (Å²) in [6.45, 7) is 8.64. The van der Waals surface area contributed by atoms with E-state index in [-0.39, 0.29) is 6.04 Å². The van der Waals surface area contributed by atoms with Crippen molar-refractivity contribution in [3.63, 3.8) is 0 Å². The molecule has 0 radical (unpaired) electrons. The lowest BCUT2D eigenvalue weighted by Crippen LogP contribution is -2.40.